The van der Waals surface area contributed by atoms with Crippen LogP contribution in [0.4, 0.5) is 11.4 Å². The van der Waals surface area contributed by atoms with E-state index in [1.807, 2.05) is 6.07 Å². The molecule has 0 atom stereocenters. The topological polar surface area (TPSA) is 58.2 Å². The number of nitrogens with one attached hydrogen (secondary N) is 2. The van der Waals surface area contributed by atoms with Gasteiger partial charge in [-0.3, -0.25) is 4.72 Å². The normalized spacial score (nSPS) is 16.8. The van der Waals surface area contributed by atoms with Gasteiger partial charge in [0, 0.05) is 11.7 Å². The standard InChI is InChI=1S/C12H17ClN2O2S/c1-18(16,17)15-12-7-6-10(8-11(12)13)14-9-4-2-3-5-9/h6-9,14-15H,2-5H2,1H3. The molecule has 0 heterocycles. The van der Waals surface area contributed by atoms with E-state index in [9.17, 15) is 8.42 Å². The van der Waals surface area contributed by atoms with E-state index in [-0.39, 0.29) is 0 Å². The number of halogens is 1. The van der Waals surface area contributed by atoms with Gasteiger partial charge in [-0.25, -0.2) is 8.42 Å². The summed E-state index contributed by atoms with van der Waals surface area (Å²) in [6, 6.07) is 5.79. The summed E-state index contributed by atoms with van der Waals surface area (Å²) in [6.07, 6.45) is 5.99. The molecule has 6 heteroatoms. The Balaban J connectivity index is 2.09. The Labute approximate surface area is 113 Å². The minimum Gasteiger partial charge on any atom is -0.382 e. The number of hydrogen-bond acceptors (Lipinski definition) is 3. The maximum absolute atomic E-state index is 11.1. The number of hydrogen-bond donors (Lipinski definition) is 2. The zero-order chi connectivity index (χ0) is 13.2. The summed E-state index contributed by atoms with van der Waals surface area (Å²) < 4.78 is 24.6. The molecule has 1 aromatic rings. The number of benzene rings is 1. The zero-order valence-corrected chi connectivity index (χ0v) is 11.8. The fraction of sp³-hybridized carbons (Fsp3) is 0.500. The molecule has 2 rings (SSSR count). The van der Waals surface area contributed by atoms with Gasteiger partial charge < -0.3 is 5.32 Å². The maximum atomic E-state index is 11.1. The molecule has 1 aliphatic rings. The van der Waals surface area contributed by atoms with E-state index in [0.29, 0.717) is 16.8 Å². The van der Waals surface area contributed by atoms with Crippen molar-refractivity contribution < 1.29 is 8.42 Å². The van der Waals surface area contributed by atoms with Crippen LogP contribution < -0.4 is 10.0 Å². The van der Waals surface area contributed by atoms with E-state index in [1.54, 1.807) is 12.1 Å². The van der Waals surface area contributed by atoms with Crippen LogP contribution in [0, 0.1) is 0 Å². The van der Waals surface area contributed by atoms with E-state index in [1.165, 1.54) is 25.7 Å². The average Bonchev–Trinajstić information content (AvgIpc) is 2.73. The van der Waals surface area contributed by atoms with E-state index < -0.39 is 10.0 Å². The van der Waals surface area contributed by atoms with Crippen LogP contribution in [0.3, 0.4) is 0 Å². The molecule has 100 valence electrons. The van der Waals surface area contributed by atoms with Crippen LogP contribution >= 0.6 is 11.6 Å². The lowest BCUT2D eigenvalue weighted by Crippen LogP contribution is -2.14. The molecule has 0 unspecified atom stereocenters. The second-order valence-electron chi connectivity index (χ2n) is 4.69. The molecular weight excluding hydrogens is 272 g/mol. The summed E-state index contributed by atoms with van der Waals surface area (Å²) >= 11 is 6.05. The first-order valence-corrected chi connectivity index (χ1v) is 8.25. The van der Waals surface area contributed by atoms with Gasteiger partial charge in [0.15, 0.2) is 0 Å². The molecular formula is C12H17ClN2O2S. The first-order chi connectivity index (χ1) is 8.44. The molecule has 0 bridgehead atoms. The lowest BCUT2D eigenvalue weighted by atomic mass is 10.2. The Kier molecular flexibility index (Phi) is 4.02. The van der Waals surface area contributed by atoms with Crippen molar-refractivity contribution in [2.24, 2.45) is 0 Å². The summed E-state index contributed by atoms with van der Waals surface area (Å²) in [5.41, 5.74) is 1.35. The summed E-state index contributed by atoms with van der Waals surface area (Å²) in [6.45, 7) is 0. The van der Waals surface area contributed by atoms with Gasteiger partial charge in [-0.2, -0.15) is 0 Å². The second kappa shape index (κ2) is 5.36. The Morgan fingerprint density at radius 2 is 1.94 bits per heavy atom. The molecule has 0 aromatic heterocycles. The van der Waals surface area contributed by atoms with Gasteiger partial charge in [-0.05, 0) is 31.0 Å². The van der Waals surface area contributed by atoms with E-state index in [4.69, 9.17) is 11.6 Å². The van der Waals surface area contributed by atoms with Gasteiger partial charge in [-0.15, -0.1) is 0 Å². The van der Waals surface area contributed by atoms with Crippen LogP contribution in [0.25, 0.3) is 0 Å². The SMILES string of the molecule is CS(=O)(=O)Nc1ccc(NC2CCCC2)cc1Cl. The molecule has 0 saturated heterocycles. The van der Waals surface area contributed by atoms with Crippen LogP contribution in [-0.4, -0.2) is 20.7 Å². The zero-order valence-electron chi connectivity index (χ0n) is 10.2. The third-order valence-electron chi connectivity index (χ3n) is 2.99. The third kappa shape index (κ3) is 3.78. The minimum atomic E-state index is -3.29. The van der Waals surface area contributed by atoms with Crippen LogP contribution in [0.1, 0.15) is 25.7 Å². The fourth-order valence-electron chi connectivity index (χ4n) is 2.19. The predicted octanol–water partition coefficient (Wildman–Crippen LogP) is 3.07. The Hall–Kier alpha value is -0.940. The van der Waals surface area contributed by atoms with Gasteiger partial charge in [0.1, 0.15) is 0 Å². The fourth-order valence-corrected chi connectivity index (χ4v) is 3.05. The molecule has 1 aromatic carbocycles. The highest BCUT2D eigenvalue weighted by Crippen LogP contribution is 2.28. The highest BCUT2D eigenvalue weighted by Gasteiger charge is 2.15. The Morgan fingerprint density at radius 3 is 2.50 bits per heavy atom. The summed E-state index contributed by atoms with van der Waals surface area (Å²) in [4.78, 5) is 0. The van der Waals surface area contributed by atoms with Crippen LogP contribution in [0.2, 0.25) is 5.02 Å². The predicted molar refractivity (Wildman–Crippen MR) is 75.8 cm³/mol. The van der Waals surface area contributed by atoms with Gasteiger partial charge in [0.05, 0.1) is 17.0 Å². The molecule has 1 saturated carbocycles. The quantitative estimate of drug-likeness (QED) is 0.895. The molecule has 1 fully saturated rings. The van der Waals surface area contributed by atoms with Crippen molar-refractivity contribution in [2.45, 2.75) is 31.7 Å². The van der Waals surface area contributed by atoms with Gasteiger partial charge in [0.25, 0.3) is 0 Å². The molecule has 0 spiro atoms. The minimum absolute atomic E-state index is 0.406. The first-order valence-electron chi connectivity index (χ1n) is 5.98. The average molecular weight is 289 g/mol. The lowest BCUT2D eigenvalue weighted by Gasteiger charge is -2.15. The van der Waals surface area contributed by atoms with Crippen molar-refractivity contribution >= 4 is 33.0 Å². The summed E-state index contributed by atoms with van der Waals surface area (Å²) in [5, 5.41) is 3.82. The first kappa shape index (κ1) is 13.5. The highest BCUT2D eigenvalue weighted by atomic mass is 35.5. The second-order valence-corrected chi connectivity index (χ2v) is 6.85. The maximum Gasteiger partial charge on any atom is 0.229 e. The van der Waals surface area contributed by atoms with Crippen molar-refractivity contribution in [2.75, 3.05) is 16.3 Å². The third-order valence-corrected chi connectivity index (χ3v) is 3.89. The van der Waals surface area contributed by atoms with Gasteiger partial charge in [0.2, 0.25) is 10.0 Å². The molecule has 2 N–H and O–H groups in total. The Morgan fingerprint density at radius 1 is 1.28 bits per heavy atom. The molecule has 0 amide bonds. The number of sulfonamides is 1. The van der Waals surface area contributed by atoms with Crippen LogP contribution in [-0.2, 0) is 10.0 Å². The lowest BCUT2D eigenvalue weighted by molar-refractivity contribution is 0.607. The molecule has 0 aliphatic heterocycles. The molecule has 0 radical (unpaired) electrons. The van der Waals surface area contributed by atoms with Crippen LogP contribution in [0.15, 0.2) is 18.2 Å². The van der Waals surface area contributed by atoms with E-state index >= 15 is 0 Å². The van der Waals surface area contributed by atoms with Crippen molar-refractivity contribution in [3.8, 4) is 0 Å². The largest absolute Gasteiger partial charge is 0.382 e. The molecule has 18 heavy (non-hydrogen) atoms. The number of anilines is 2. The summed E-state index contributed by atoms with van der Waals surface area (Å²) in [5.74, 6) is 0. The number of rotatable bonds is 4. The van der Waals surface area contributed by atoms with Crippen molar-refractivity contribution in [3.63, 3.8) is 0 Å². The molecule has 4 nitrogen and oxygen atoms in total. The monoisotopic (exact) mass is 288 g/mol. The van der Waals surface area contributed by atoms with Gasteiger partial charge >= 0.3 is 0 Å². The van der Waals surface area contributed by atoms with Crippen molar-refractivity contribution in [1.82, 2.24) is 0 Å². The summed E-state index contributed by atoms with van der Waals surface area (Å²) in [7, 11) is -3.29. The smallest absolute Gasteiger partial charge is 0.229 e. The van der Waals surface area contributed by atoms with Gasteiger partial charge in [-0.1, -0.05) is 24.4 Å². The van der Waals surface area contributed by atoms with E-state index in [0.717, 1.165) is 11.9 Å². The Bertz CT molecular complexity index is 525. The highest BCUT2D eigenvalue weighted by molar-refractivity contribution is 7.92. The molecule has 1 aliphatic carbocycles. The van der Waals surface area contributed by atoms with Crippen molar-refractivity contribution in [1.29, 1.82) is 0 Å². The van der Waals surface area contributed by atoms with Crippen molar-refractivity contribution in [3.05, 3.63) is 23.2 Å². The van der Waals surface area contributed by atoms with Crippen LogP contribution in [0.5, 0.6) is 0 Å². The van der Waals surface area contributed by atoms with E-state index in [2.05, 4.69) is 10.0 Å².